The standard InChI is InChI=1S/C11H17NO4/c1-7-5-12(6-9(16-7)11(14)15)10(13)8-3-2-4-8/h7-9H,2-6H2,1H3,(H,14,15)/t7-,9?/m1/s1. The maximum atomic E-state index is 12.0. The van der Waals surface area contributed by atoms with Gasteiger partial charge in [-0.25, -0.2) is 4.79 Å². The fourth-order valence-electron chi connectivity index (χ4n) is 2.18. The highest BCUT2D eigenvalue weighted by atomic mass is 16.5. The number of carboxylic acid groups (broad SMARTS) is 1. The van der Waals surface area contributed by atoms with Gasteiger partial charge in [0.25, 0.3) is 0 Å². The third-order valence-electron chi connectivity index (χ3n) is 3.30. The summed E-state index contributed by atoms with van der Waals surface area (Å²) in [4.78, 5) is 24.5. The molecule has 5 nitrogen and oxygen atoms in total. The number of morpholine rings is 1. The van der Waals surface area contributed by atoms with Crippen LogP contribution in [0.25, 0.3) is 0 Å². The van der Waals surface area contributed by atoms with Gasteiger partial charge in [-0.2, -0.15) is 0 Å². The molecule has 16 heavy (non-hydrogen) atoms. The van der Waals surface area contributed by atoms with E-state index in [1.165, 1.54) is 0 Å². The number of carboxylic acids is 1. The minimum Gasteiger partial charge on any atom is -0.479 e. The van der Waals surface area contributed by atoms with E-state index in [0.29, 0.717) is 6.54 Å². The van der Waals surface area contributed by atoms with Gasteiger partial charge in [0.2, 0.25) is 5.91 Å². The normalized spacial score (nSPS) is 30.9. The van der Waals surface area contributed by atoms with Crippen LogP contribution < -0.4 is 0 Å². The molecule has 0 radical (unpaired) electrons. The van der Waals surface area contributed by atoms with Crippen LogP contribution >= 0.6 is 0 Å². The Morgan fingerprint density at radius 2 is 2.00 bits per heavy atom. The Kier molecular flexibility index (Phi) is 3.14. The molecule has 1 saturated carbocycles. The van der Waals surface area contributed by atoms with Crippen LogP contribution in [0.3, 0.4) is 0 Å². The average molecular weight is 227 g/mol. The lowest BCUT2D eigenvalue weighted by molar-refractivity contribution is -0.168. The zero-order valence-electron chi connectivity index (χ0n) is 9.39. The second kappa shape index (κ2) is 4.41. The van der Waals surface area contributed by atoms with Gasteiger partial charge in [-0.15, -0.1) is 0 Å². The van der Waals surface area contributed by atoms with Crippen molar-refractivity contribution < 1.29 is 19.4 Å². The summed E-state index contributed by atoms with van der Waals surface area (Å²) >= 11 is 0. The second-order valence-electron chi connectivity index (χ2n) is 4.64. The van der Waals surface area contributed by atoms with Crippen molar-refractivity contribution in [3.63, 3.8) is 0 Å². The van der Waals surface area contributed by atoms with E-state index in [-0.39, 0.29) is 24.5 Å². The predicted octanol–water partition coefficient (Wildman–Crippen LogP) is 0.487. The molecular formula is C11H17NO4. The van der Waals surface area contributed by atoms with Crippen molar-refractivity contribution in [3.8, 4) is 0 Å². The van der Waals surface area contributed by atoms with Crippen molar-refractivity contribution in [3.05, 3.63) is 0 Å². The highest BCUT2D eigenvalue weighted by Crippen LogP contribution is 2.29. The summed E-state index contributed by atoms with van der Waals surface area (Å²) in [5.41, 5.74) is 0. The van der Waals surface area contributed by atoms with E-state index in [4.69, 9.17) is 9.84 Å². The van der Waals surface area contributed by atoms with Gasteiger partial charge in [0.1, 0.15) is 0 Å². The summed E-state index contributed by atoms with van der Waals surface area (Å²) in [6.45, 7) is 2.50. The summed E-state index contributed by atoms with van der Waals surface area (Å²) in [7, 11) is 0. The molecule has 2 rings (SSSR count). The van der Waals surface area contributed by atoms with Crippen LogP contribution in [0.4, 0.5) is 0 Å². The fraction of sp³-hybridized carbons (Fsp3) is 0.818. The summed E-state index contributed by atoms with van der Waals surface area (Å²) in [5.74, 6) is -0.759. The number of aliphatic carboxylic acids is 1. The lowest BCUT2D eigenvalue weighted by Gasteiger charge is -2.38. The lowest BCUT2D eigenvalue weighted by atomic mass is 9.84. The molecule has 1 N–H and O–H groups in total. The first kappa shape index (κ1) is 11.4. The molecule has 0 aromatic rings. The van der Waals surface area contributed by atoms with Crippen molar-refractivity contribution in [1.82, 2.24) is 4.90 Å². The van der Waals surface area contributed by atoms with Gasteiger partial charge in [0.15, 0.2) is 6.10 Å². The van der Waals surface area contributed by atoms with Gasteiger partial charge in [0.05, 0.1) is 12.6 Å². The Bertz CT molecular complexity index is 300. The Morgan fingerprint density at radius 3 is 2.50 bits per heavy atom. The van der Waals surface area contributed by atoms with Crippen molar-refractivity contribution in [1.29, 1.82) is 0 Å². The number of carbonyl (C=O) groups is 2. The molecule has 1 unspecified atom stereocenters. The molecule has 2 fully saturated rings. The van der Waals surface area contributed by atoms with Crippen LogP contribution in [0.5, 0.6) is 0 Å². The largest absolute Gasteiger partial charge is 0.479 e. The smallest absolute Gasteiger partial charge is 0.334 e. The Hall–Kier alpha value is -1.10. The minimum absolute atomic E-state index is 0.104. The zero-order valence-corrected chi connectivity index (χ0v) is 9.39. The number of hydrogen-bond donors (Lipinski definition) is 1. The minimum atomic E-state index is -0.988. The lowest BCUT2D eigenvalue weighted by Crippen LogP contribution is -2.53. The molecule has 1 saturated heterocycles. The molecule has 0 aromatic heterocycles. The maximum Gasteiger partial charge on any atom is 0.334 e. The first-order valence-corrected chi connectivity index (χ1v) is 5.75. The molecule has 1 heterocycles. The van der Waals surface area contributed by atoms with E-state index in [0.717, 1.165) is 19.3 Å². The summed E-state index contributed by atoms with van der Waals surface area (Å²) in [5, 5.41) is 8.90. The third kappa shape index (κ3) is 2.19. The Labute approximate surface area is 94.4 Å². The quantitative estimate of drug-likeness (QED) is 0.745. The number of rotatable bonds is 2. The second-order valence-corrected chi connectivity index (χ2v) is 4.64. The van der Waals surface area contributed by atoms with Crippen molar-refractivity contribution >= 4 is 11.9 Å². The summed E-state index contributed by atoms with van der Waals surface area (Å²) < 4.78 is 5.27. The van der Waals surface area contributed by atoms with Crippen molar-refractivity contribution in [2.24, 2.45) is 5.92 Å². The SMILES string of the molecule is C[C@@H]1CN(C(=O)C2CCC2)CC(C(=O)O)O1. The third-order valence-corrected chi connectivity index (χ3v) is 3.30. The van der Waals surface area contributed by atoms with Crippen LogP contribution in [0.2, 0.25) is 0 Å². The van der Waals surface area contributed by atoms with E-state index in [1.54, 1.807) is 11.8 Å². The molecule has 1 aliphatic carbocycles. The summed E-state index contributed by atoms with van der Waals surface area (Å²) in [6.07, 6.45) is 1.94. The van der Waals surface area contributed by atoms with Crippen LogP contribution in [0.1, 0.15) is 26.2 Å². The highest BCUT2D eigenvalue weighted by Gasteiger charge is 2.36. The molecule has 2 aliphatic rings. The molecule has 0 bridgehead atoms. The maximum absolute atomic E-state index is 12.0. The number of amides is 1. The Balaban J connectivity index is 1.98. The molecule has 0 aromatic carbocycles. The fourth-order valence-corrected chi connectivity index (χ4v) is 2.18. The molecular weight excluding hydrogens is 210 g/mol. The van der Waals surface area contributed by atoms with Gasteiger partial charge < -0.3 is 14.7 Å². The number of carbonyl (C=O) groups excluding carboxylic acids is 1. The zero-order chi connectivity index (χ0) is 11.7. The predicted molar refractivity (Wildman–Crippen MR) is 55.9 cm³/mol. The highest BCUT2D eigenvalue weighted by molar-refractivity contribution is 5.81. The van der Waals surface area contributed by atoms with Crippen LogP contribution in [-0.4, -0.2) is 47.2 Å². The molecule has 90 valence electrons. The van der Waals surface area contributed by atoms with Crippen LogP contribution in [0, 0.1) is 5.92 Å². The molecule has 1 amide bonds. The average Bonchev–Trinajstić information content (AvgIpc) is 2.13. The number of ether oxygens (including phenoxy) is 1. The number of hydrogen-bond acceptors (Lipinski definition) is 3. The van der Waals surface area contributed by atoms with E-state index < -0.39 is 12.1 Å². The van der Waals surface area contributed by atoms with E-state index in [2.05, 4.69) is 0 Å². The molecule has 1 aliphatic heterocycles. The van der Waals surface area contributed by atoms with Gasteiger partial charge in [-0.1, -0.05) is 6.42 Å². The first-order valence-electron chi connectivity index (χ1n) is 5.75. The van der Waals surface area contributed by atoms with E-state index in [1.807, 2.05) is 0 Å². The molecule has 5 heteroatoms. The summed E-state index contributed by atoms with van der Waals surface area (Å²) in [6, 6.07) is 0. The van der Waals surface area contributed by atoms with Gasteiger partial charge in [0, 0.05) is 12.5 Å². The topological polar surface area (TPSA) is 66.8 Å². The monoisotopic (exact) mass is 227 g/mol. The van der Waals surface area contributed by atoms with Crippen LogP contribution in [-0.2, 0) is 14.3 Å². The number of nitrogens with zero attached hydrogens (tertiary/aromatic N) is 1. The first-order chi connectivity index (χ1) is 7.58. The van der Waals surface area contributed by atoms with Gasteiger partial charge in [-0.3, -0.25) is 4.79 Å². The molecule has 0 spiro atoms. The van der Waals surface area contributed by atoms with E-state index >= 15 is 0 Å². The molecule has 2 atom stereocenters. The van der Waals surface area contributed by atoms with Gasteiger partial charge >= 0.3 is 5.97 Å². The van der Waals surface area contributed by atoms with Crippen molar-refractivity contribution in [2.75, 3.05) is 13.1 Å². The Morgan fingerprint density at radius 1 is 1.31 bits per heavy atom. The van der Waals surface area contributed by atoms with Crippen LogP contribution in [0.15, 0.2) is 0 Å². The van der Waals surface area contributed by atoms with E-state index in [9.17, 15) is 9.59 Å². The van der Waals surface area contributed by atoms with Crippen molar-refractivity contribution in [2.45, 2.75) is 38.4 Å². The van der Waals surface area contributed by atoms with Gasteiger partial charge in [-0.05, 0) is 19.8 Å².